The van der Waals surface area contributed by atoms with Crippen molar-refractivity contribution in [3.8, 4) is 0 Å². The number of rotatable bonds is 5. The third kappa shape index (κ3) is 4.87. The van der Waals surface area contributed by atoms with E-state index in [1.807, 2.05) is 31.0 Å². The van der Waals surface area contributed by atoms with Gasteiger partial charge in [-0.15, -0.1) is 0 Å². The first-order valence-corrected chi connectivity index (χ1v) is 9.55. The molecule has 0 fully saturated rings. The van der Waals surface area contributed by atoms with E-state index in [9.17, 15) is 9.59 Å². The van der Waals surface area contributed by atoms with Gasteiger partial charge in [-0.3, -0.25) is 9.59 Å². The third-order valence-corrected chi connectivity index (χ3v) is 5.37. The average Bonchev–Trinajstić information content (AvgIpc) is 2.68. The van der Waals surface area contributed by atoms with Gasteiger partial charge in [0.1, 0.15) is 0 Å². The maximum Gasteiger partial charge on any atom is 0.280 e. The Bertz CT molecular complexity index is 822. The quantitative estimate of drug-likeness (QED) is 0.822. The molecule has 1 heterocycles. The zero-order valence-electron chi connectivity index (χ0n) is 15.7. The van der Waals surface area contributed by atoms with Gasteiger partial charge in [0.2, 0.25) is 0 Å². The normalized spacial score (nSPS) is 15.6. The van der Waals surface area contributed by atoms with Gasteiger partial charge in [0, 0.05) is 23.8 Å². The van der Waals surface area contributed by atoms with Crippen molar-refractivity contribution in [2.45, 2.75) is 25.9 Å². The monoisotopic (exact) mass is 386 g/mol. The van der Waals surface area contributed by atoms with Crippen molar-refractivity contribution in [2.24, 2.45) is 0 Å². The van der Waals surface area contributed by atoms with Crippen molar-refractivity contribution in [1.82, 2.24) is 4.90 Å². The predicted molar refractivity (Wildman–Crippen MR) is 107 cm³/mol. The van der Waals surface area contributed by atoms with Crippen molar-refractivity contribution in [2.75, 3.05) is 25.5 Å². The first-order chi connectivity index (χ1) is 12.9. The number of halogens is 1. The highest BCUT2D eigenvalue weighted by Gasteiger charge is 2.30. The molecular weight excluding hydrogens is 362 g/mol. The second-order valence-corrected chi connectivity index (χ2v) is 7.51. The minimum Gasteiger partial charge on any atom is -0.333 e. The molecule has 2 N–H and O–H groups in total. The fourth-order valence-electron chi connectivity index (χ4n) is 3.31. The highest BCUT2D eigenvalue weighted by atomic mass is 35.5. The molecule has 1 aliphatic heterocycles. The van der Waals surface area contributed by atoms with Crippen LogP contribution < -0.4 is 10.2 Å². The van der Waals surface area contributed by atoms with E-state index < -0.39 is 0 Å². The summed E-state index contributed by atoms with van der Waals surface area (Å²) in [4.78, 5) is 27.9. The first kappa shape index (κ1) is 19.4. The lowest BCUT2D eigenvalue weighted by Gasteiger charge is -2.32. The zero-order valence-corrected chi connectivity index (χ0v) is 16.4. The molecule has 3 rings (SSSR count). The van der Waals surface area contributed by atoms with Crippen LogP contribution in [0, 0.1) is 0 Å². The van der Waals surface area contributed by atoms with Crippen molar-refractivity contribution >= 4 is 29.1 Å². The summed E-state index contributed by atoms with van der Waals surface area (Å²) in [6.45, 7) is 3.47. The molecule has 2 aromatic carbocycles. The standard InChI is InChI=1S/C21H24ClN3O2/c1-15(21(27)25-12-11-16-5-3-4-6-17(16)13-25)24(2)14-20(26)23-19-9-7-18(22)8-10-19/h3-10,15H,11-14H2,1-2H3,(H,23,26)/p+1/t15-/m1/s1. The summed E-state index contributed by atoms with van der Waals surface area (Å²) >= 11 is 5.86. The molecule has 6 heteroatoms. The van der Waals surface area contributed by atoms with E-state index in [0.29, 0.717) is 17.3 Å². The number of nitrogens with zero attached hydrogens (tertiary/aromatic N) is 1. The molecular formula is C21H25ClN3O2+. The molecule has 0 aromatic heterocycles. The molecule has 1 unspecified atom stereocenters. The number of likely N-dealkylation sites (N-methyl/N-ethyl adjacent to an activating group) is 1. The molecule has 0 bridgehead atoms. The van der Waals surface area contributed by atoms with Gasteiger partial charge in [0.25, 0.3) is 11.8 Å². The molecule has 27 heavy (non-hydrogen) atoms. The number of anilines is 1. The molecule has 0 spiro atoms. The topological polar surface area (TPSA) is 53.9 Å². The van der Waals surface area contributed by atoms with Gasteiger partial charge < -0.3 is 15.1 Å². The number of quaternary nitrogens is 1. The number of hydrogen-bond acceptors (Lipinski definition) is 2. The van der Waals surface area contributed by atoms with Crippen molar-refractivity contribution in [3.63, 3.8) is 0 Å². The lowest BCUT2D eigenvalue weighted by atomic mass is 9.99. The molecule has 2 aromatic rings. The van der Waals surface area contributed by atoms with Crippen LogP contribution in [0.3, 0.4) is 0 Å². The van der Waals surface area contributed by atoms with E-state index in [0.717, 1.165) is 17.9 Å². The van der Waals surface area contributed by atoms with Crippen molar-refractivity contribution in [1.29, 1.82) is 0 Å². The van der Waals surface area contributed by atoms with Gasteiger partial charge >= 0.3 is 0 Å². The minimum atomic E-state index is -0.286. The van der Waals surface area contributed by atoms with Crippen LogP contribution in [-0.4, -0.2) is 42.9 Å². The van der Waals surface area contributed by atoms with Crippen LogP contribution in [0.15, 0.2) is 48.5 Å². The molecule has 0 radical (unpaired) electrons. The highest BCUT2D eigenvalue weighted by Crippen LogP contribution is 2.18. The molecule has 1 aliphatic rings. The summed E-state index contributed by atoms with van der Waals surface area (Å²) in [6.07, 6.45) is 0.880. The maximum absolute atomic E-state index is 12.9. The summed E-state index contributed by atoms with van der Waals surface area (Å²) in [5.74, 6) is -0.0419. The number of carbonyl (C=O) groups is 2. The summed E-state index contributed by atoms with van der Waals surface area (Å²) in [5.41, 5.74) is 3.23. The van der Waals surface area contributed by atoms with Crippen LogP contribution in [0.1, 0.15) is 18.1 Å². The number of nitrogens with one attached hydrogen (secondary N) is 2. The molecule has 2 atom stereocenters. The number of hydrogen-bond donors (Lipinski definition) is 2. The number of carbonyl (C=O) groups excluding carboxylic acids is 2. The molecule has 0 saturated carbocycles. The lowest BCUT2D eigenvalue weighted by molar-refractivity contribution is -0.886. The van der Waals surface area contributed by atoms with Crippen LogP contribution in [-0.2, 0) is 22.6 Å². The third-order valence-electron chi connectivity index (χ3n) is 5.12. The Hall–Kier alpha value is -2.37. The van der Waals surface area contributed by atoms with Gasteiger partial charge in [-0.2, -0.15) is 0 Å². The van der Waals surface area contributed by atoms with Gasteiger partial charge in [0.05, 0.1) is 7.05 Å². The zero-order chi connectivity index (χ0) is 19.4. The van der Waals surface area contributed by atoms with Crippen LogP contribution in [0.4, 0.5) is 5.69 Å². The van der Waals surface area contributed by atoms with E-state index >= 15 is 0 Å². The predicted octanol–water partition coefficient (Wildman–Crippen LogP) is 1.77. The van der Waals surface area contributed by atoms with Gasteiger partial charge in [-0.1, -0.05) is 35.9 Å². The molecule has 0 aliphatic carbocycles. The molecule has 2 amide bonds. The Morgan fingerprint density at radius 3 is 2.52 bits per heavy atom. The van der Waals surface area contributed by atoms with E-state index in [-0.39, 0.29) is 24.4 Å². The van der Waals surface area contributed by atoms with Crippen LogP contribution in [0.25, 0.3) is 0 Å². The second kappa shape index (κ2) is 8.55. The fraction of sp³-hybridized carbons (Fsp3) is 0.333. The van der Waals surface area contributed by atoms with Crippen LogP contribution in [0.5, 0.6) is 0 Å². The Morgan fingerprint density at radius 1 is 1.15 bits per heavy atom. The van der Waals surface area contributed by atoms with E-state index in [4.69, 9.17) is 11.6 Å². The average molecular weight is 387 g/mol. The van der Waals surface area contributed by atoms with Crippen molar-refractivity contribution < 1.29 is 14.5 Å². The Balaban J connectivity index is 1.55. The van der Waals surface area contributed by atoms with E-state index in [1.165, 1.54) is 11.1 Å². The highest BCUT2D eigenvalue weighted by molar-refractivity contribution is 6.30. The van der Waals surface area contributed by atoms with Crippen LogP contribution >= 0.6 is 11.6 Å². The van der Waals surface area contributed by atoms with Gasteiger partial charge in [-0.25, -0.2) is 0 Å². The number of amides is 2. The smallest absolute Gasteiger partial charge is 0.280 e. The van der Waals surface area contributed by atoms with Gasteiger partial charge in [-0.05, 0) is 48.7 Å². The molecule has 0 saturated heterocycles. The van der Waals surface area contributed by atoms with Crippen molar-refractivity contribution in [3.05, 3.63) is 64.7 Å². The molecule has 5 nitrogen and oxygen atoms in total. The van der Waals surface area contributed by atoms with E-state index in [1.54, 1.807) is 24.3 Å². The lowest BCUT2D eigenvalue weighted by Crippen LogP contribution is -3.15. The van der Waals surface area contributed by atoms with Crippen LogP contribution in [0.2, 0.25) is 5.02 Å². The Morgan fingerprint density at radius 2 is 1.81 bits per heavy atom. The first-order valence-electron chi connectivity index (χ1n) is 9.17. The fourth-order valence-corrected chi connectivity index (χ4v) is 3.44. The Labute approximate surface area is 164 Å². The molecule has 142 valence electrons. The van der Waals surface area contributed by atoms with E-state index in [2.05, 4.69) is 17.4 Å². The van der Waals surface area contributed by atoms with Gasteiger partial charge in [0.15, 0.2) is 12.6 Å². The summed E-state index contributed by atoms with van der Waals surface area (Å²) < 4.78 is 0. The second-order valence-electron chi connectivity index (χ2n) is 7.08. The number of benzene rings is 2. The Kier molecular flexibility index (Phi) is 6.14. The summed E-state index contributed by atoms with van der Waals surface area (Å²) in [6, 6.07) is 14.9. The summed E-state index contributed by atoms with van der Waals surface area (Å²) in [7, 11) is 1.88. The number of fused-ring (bicyclic) bond motifs is 1. The maximum atomic E-state index is 12.9. The SMILES string of the molecule is C[C@H](C(=O)N1CCc2ccccc2C1)[NH+](C)CC(=O)Nc1ccc(Cl)cc1. The largest absolute Gasteiger partial charge is 0.333 e. The summed E-state index contributed by atoms with van der Waals surface area (Å²) in [5, 5.41) is 3.47. The minimum absolute atomic E-state index is 0.0845.